The molecule has 1 aromatic carbocycles. The molecule has 1 amide bonds. The molecule has 122 valence electrons. The highest BCUT2D eigenvalue weighted by atomic mass is 16.5. The van der Waals surface area contributed by atoms with Gasteiger partial charge in [0, 0.05) is 38.1 Å². The summed E-state index contributed by atoms with van der Waals surface area (Å²) >= 11 is 0. The Balaban J connectivity index is 1.83. The highest BCUT2D eigenvalue weighted by Gasteiger charge is 2.29. The van der Waals surface area contributed by atoms with Gasteiger partial charge in [-0.1, -0.05) is 32.9 Å². The fourth-order valence-corrected chi connectivity index (χ4v) is 2.70. The zero-order valence-corrected chi connectivity index (χ0v) is 14.3. The van der Waals surface area contributed by atoms with Crippen molar-refractivity contribution in [3.63, 3.8) is 0 Å². The van der Waals surface area contributed by atoms with Crippen LogP contribution in [0.5, 0.6) is 5.75 Å². The van der Waals surface area contributed by atoms with Crippen LogP contribution in [0.3, 0.4) is 0 Å². The van der Waals surface area contributed by atoms with Crippen molar-refractivity contribution in [2.45, 2.75) is 34.2 Å². The van der Waals surface area contributed by atoms with Gasteiger partial charge in [-0.2, -0.15) is 0 Å². The molecule has 1 aliphatic heterocycles. The molecule has 2 rings (SSSR count). The van der Waals surface area contributed by atoms with E-state index in [1.807, 2.05) is 44.7 Å². The molecule has 1 saturated heterocycles. The molecule has 0 radical (unpaired) electrons. The van der Waals surface area contributed by atoms with Gasteiger partial charge in [0.15, 0.2) is 0 Å². The van der Waals surface area contributed by atoms with Crippen LogP contribution in [0.25, 0.3) is 0 Å². The number of benzene rings is 1. The lowest BCUT2D eigenvalue weighted by atomic mass is 9.94. The lowest BCUT2D eigenvalue weighted by Gasteiger charge is -2.37. The van der Waals surface area contributed by atoms with E-state index in [2.05, 4.69) is 17.0 Å². The first-order valence-electron chi connectivity index (χ1n) is 8.13. The summed E-state index contributed by atoms with van der Waals surface area (Å²) < 4.78 is 5.47. The minimum Gasteiger partial charge on any atom is -0.494 e. The molecule has 0 atom stereocenters. The van der Waals surface area contributed by atoms with Gasteiger partial charge in [0.05, 0.1) is 6.61 Å². The molecule has 1 fully saturated rings. The minimum atomic E-state index is -0.280. The average molecular weight is 304 g/mol. The van der Waals surface area contributed by atoms with Crippen LogP contribution in [0.2, 0.25) is 0 Å². The van der Waals surface area contributed by atoms with Crippen molar-refractivity contribution in [2.75, 3.05) is 32.8 Å². The summed E-state index contributed by atoms with van der Waals surface area (Å²) in [6.45, 7) is 13.1. The van der Waals surface area contributed by atoms with Crippen LogP contribution < -0.4 is 4.74 Å². The molecular formula is C18H28N2O2. The fraction of sp³-hybridized carbons (Fsp3) is 0.611. The van der Waals surface area contributed by atoms with Gasteiger partial charge in [0.1, 0.15) is 5.75 Å². The Labute approximate surface area is 134 Å². The molecule has 1 aliphatic rings. The van der Waals surface area contributed by atoms with E-state index in [4.69, 9.17) is 4.74 Å². The molecule has 0 unspecified atom stereocenters. The first kappa shape index (κ1) is 16.8. The van der Waals surface area contributed by atoms with Crippen LogP contribution in [0, 0.1) is 5.41 Å². The third kappa shape index (κ3) is 4.47. The smallest absolute Gasteiger partial charge is 0.228 e. The third-order valence-corrected chi connectivity index (χ3v) is 3.94. The van der Waals surface area contributed by atoms with Crippen molar-refractivity contribution in [3.8, 4) is 5.75 Å². The van der Waals surface area contributed by atoms with E-state index in [9.17, 15) is 4.79 Å². The fourth-order valence-electron chi connectivity index (χ4n) is 2.70. The second-order valence-electron chi connectivity index (χ2n) is 6.90. The van der Waals surface area contributed by atoms with Gasteiger partial charge in [-0.25, -0.2) is 0 Å². The van der Waals surface area contributed by atoms with E-state index in [1.54, 1.807) is 0 Å². The first-order chi connectivity index (χ1) is 10.4. The maximum Gasteiger partial charge on any atom is 0.228 e. The van der Waals surface area contributed by atoms with Crippen LogP contribution in [-0.2, 0) is 11.3 Å². The summed E-state index contributed by atoms with van der Waals surface area (Å²) in [5.41, 5.74) is 1.01. The standard InChI is InChI=1S/C18H28N2O2/c1-5-22-16-8-6-15(7-9-16)14-19-10-12-20(13-11-19)17(21)18(2,3)4/h6-9H,5,10-14H2,1-4H3. The topological polar surface area (TPSA) is 32.8 Å². The molecule has 0 spiro atoms. The number of rotatable bonds is 4. The van der Waals surface area contributed by atoms with Crippen LogP contribution in [-0.4, -0.2) is 48.5 Å². The zero-order valence-electron chi connectivity index (χ0n) is 14.3. The van der Waals surface area contributed by atoms with Gasteiger partial charge in [-0.15, -0.1) is 0 Å². The van der Waals surface area contributed by atoms with E-state index < -0.39 is 0 Å². The summed E-state index contributed by atoms with van der Waals surface area (Å²) in [6, 6.07) is 8.30. The lowest BCUT2D eigenvalue weighted by molar-refractivity contribution is -0.141. The van der Waals surface area contributed by atoms with Crippen molar-refractivity contribution >= 4 is 5.91 Å². The molecule has 0 N–H and O–H groups in total. The Morgan fingerprint density at radius 3 is 2.18 bits per heavy atom. The predicted octanol–water partition coefficient (Wildman–Crippen LogP) is 2.78. The van der Waals surface area contributed by atoms with Gasteiger partial charge in [0.25, 0.3) is 0 Å². The molecule has 1 heterocycles. The molecule has 0 aromatic heterocycles. The minimum absolute atomic E-state index is 0.258. The number of piperazine rings is 1. The van der Waals surface area contributed by atoms with E-state index in [1.165, 1.54) is 5.56 Å². The van der Waals surface area contributed by atoms with Gasteiger partial charge < -0.3 is 9.64 Å². The van der Waals surface area contributed by atoms with E-state index in [-0.39, 0.29) is 11.3 Å². The normalized spacial score (nSPS) is 16.6. The maximum atomic E-state index is 12.3. The van der Waals surface area contributed by atoms with Crippen LogP contribution in [0.4, 0.5) is 0 Å². The highest BCUT2D eigenvalue weighted by Crippen LogP contribution is 2.19. The highest BCUT2D eigenvalue weighted by molar-refractivity contribution is 5.81. The summed E-state index contributed by atoms with van der Waals surface area (Å²) in [4.78, 5) is 16.7. The summed E-state index contributed by atoms with van der Waals surface area (Å²) in [5, 5.41) is 0. The summed E-state index contributed by atoms with van der Waals surface area (Å²) in [7, 11) is 0. The van der Waals surface area contributed by atoms with Crippen molar-refractivity contribution in [1.82, 2.24) is 9.80 Å². The molecule has 0 aliphatic carbocycles. The third-order valence-electron chi connectivity index (χ3n) is 3.94. The second-order valence-corrected chi connectivity index (χ2v) is 6.90. The van der Waals surface area contributed by atoms with Gasteiger partial charge >= 0.3 is 0 Å². The Hall–Kier alpha value is -1.55. The monoisotopic (exact) mass is 304 g/mol. The first-order valence-corrected chi connectivity index (χ1v) is 8.13. The Morgan fingerprint density at radius 1 is 1.09 bits per heavy atom. The zero-order chi connectivity index (χ0) is 16.2. The molecule has 0 bridgehead atoms. The van der Waals surface area contributed by atoms with Crippen LogP contribution in [0.1, 0.15) is 33.3 Å². The Bertz CT molecular complexity index is 483. The number of hydrogen-bond acceptors (Lipinski definition) is 3. The summed E-state index contributed by atoms with van der Waals surface area (Å²) in [6.07, 6.45) is 0. The SMILES string of the molecule is CCOc1ccc(CN2CCN(C(=O)C(C)(C)C)CC2)cc1. The van der Waals surface area contributed by atoms with E-state index in [0.29, 0.717) is 6.61 Å². The van der Waals surface area contributed by atoms with Crippen molar-refractivity contribution < 1.29 is 9.53 Å². The molecule has 0 saturated carbocycles. The molecule has 22 heavy (non-hydrogen) atoms. The van der Waals surface area contributed by atoms with Gasteiger partial charge in [-0.05, 0) is 24.6 Å². The number of nitrogens with zero attached hydrogens (tertiary/aromatic N) is 2. The Morgan fingerprint density at radius 2 is 1.68 bits per heavy atom. The van der Waals surface area contributed by atoms with E-state index >= 15 is 0 Å². The summed E-state index contributed by atoms with van der Waals surface area (Å²) in [5.74, 6) is 1.18. The van der Waals surface area contributed by atoms with Gasteiger partial charge in [0.2, 0.25) is 5.91 Å². The van der Waals surface area contributed by atoms with Crippen LogP contribution >= 0.6 is 0 Å². The maximum absolute atomic E-state index is 12.3. The van der Waals surface area contributed by atoms with Crippen LogP contribution in [0.15, 0.2) is 24.3 Å². The van der Waals surface area contributed by atoms with Gasteiger partial charge in [-0.3, -0.25) is 9.69 Å². The molecule has 4 nitrogen and oxygen atoms in total. The largest absolute Gasteiger partial charge is 0.494 e. The van der Waals surface area contributed by atoms with Crippen molar-refractivity contribution in [2.24, 2.45) is 5.41 Å². The number of amides is 1. The molecule has 1 aromatic rings. The number of carbonyl (C=O) groups excluding carboxylic acids is 1. The quantitative estimate of drug-likeness (QED) is 0.857. The molecular weight excluding hydrogens is 276 g/mol. The second kappa shape index (κ2) is 7.14. The molecule has 4 heteroatoms. The van der Waals surface area contributed by atoms with Crippen molar-refractivity contribution in [1.29, 1.82) is 0 Å². The number of hydrogen-bond donors (Lipinski definition) is 0. The Kier molecular flexibility index (Phi) is 5.46. The van der Waals surface area contributed by atoms with Crippen molar-refractivity contribution in [3.05, 3.63) is 29.8 Å². The number of ether oxygens (including phenoxy) is 1. The lowest BCUT2D eigenvalue weighted by Crippen LogP contribution is -2.51. The van der Waals surface area contributed by atoms with E-state index in [0.717, 1.165) is 38.5 Å². The number of carbonyl (C=O) groups is 1. The average Bonchev–Trinajstić information content (AvgIpc) is 2.49. The predicted molar refractivity (Wildman–Crippen MR) is 88.9 cm³/mol.